The fourth-order valence-corrected chi connectivity index (χ4v) is 2.71. The molecule has 1 aliphatic rings. The molecular formula is C15H23N3O5. The highest BCUT2D eigenvalue weighted by atomic mass is 16.6. The van der Waals surface area contributed by atoms with Crippen molar-refractivity contribution in [2.75, 3.05) is 6.61 Å². The third-order valence-corrected chi connectivity index (χ3v) is 3.75. The van der Waals surface area contributed by atoms with Crippen molar-refractivity contribution in [1.29, 1.82) is 0 Å². The van der Waals surface area contributed by atoms with Crippen molar-refractivity contribution in [1.82, 2.24) is 14.5 Å². The molecule has 8 heteroatoms. The van der Waals surface area contributed by atoms with E-state index in [1.165, 1.54) is 15.7 Å². The topological polar surface area (TPSA) is 105 Å². The van der Waals surface area contributed by atoms with Crippen molar-refractivity contribution in [2.45, 2.75) is 58.3 Å². The third kappa shape index (κ3) is 3.64. The van der Waals surface area contributed by atoms with Crippen molar-refractivity contribution in [3.05, 3.63) is 32.6 Å². The zero-order chi connectivity index (χ0) is 17.4. The predicted octanol–water partition coefficient (Wildman–Crippen LogP) is 0.735. The first-order chi connectivity index (χ1) is 10.6. The number of hydrogen-bond acceptors (Lipinski definition) is 5. The Morgan fingerprint density at radius 3 is 2.61 bits per heavy atom. The third-order valence-electron chi connectivity index (χ3n) is 3.75. The first-order valence-electron chi connectivity index (χ1n) is 7.58. The first kappa shape index (κ1) is 17.3. The number of hydrogen-bond donors (Lipinski definition) is 2. The van der Waals surface area contributed by atoms with E-state index in [9.17, 15) is 19.5 Å². The number of likely N-dealkylation sites (tertiary alicyclic amines) is 1. The SMILES string of the molecule is Cc1cn([C@@H]2CC[C@@H](CO)N2C(=O)OC(C)(C)C)c(=O)[nH]c1=O. The fourth-order valence-electron chi connectivity index (χ4n) is 2.71. The van der Waals surface area contributed by atoms with Crippen LogP contribution >= 0.6 is 0 Å². The van der Waals surface area contributed by atoms with Crippen LogP contribution in [0.1, 0.15) is 45.3 Å². The first-order valence-corrected chi connectivity index (χ1v) is 7.58. The molecule has 1 aliphatic heterocycles. The van der Waals surface area contributed by atoms with E-state index in [0.717, 1.165) is 0 Å². The van der Waals surface area contributed by atoms with E-state index >= 15 is 0 Å². The Labute approximate surface area is 133 Å². The minimum Gasteiger partial charge on any atom is -0.444 e. The number of carbonyl (C=O) groups is 1. The number of nitrogens with zero attached hydrogens (tertiary/aromatic N) is 2. The van der Waals surface area contributed by atoms with Crippen LogP contribution < -0.4 is 11.2 Å². The molecule has 0 saturated carbocycles. The summed E-state index contributed by atoms with van der Waals surface area (Å²) in [6.07, 6.45) is 1.30. The van der Waals surface area contributed by atoms with Gasteiger partial charge in [0.2, 0.25) is 0 Å². The zero-order valence-electron chi connectivity index (χ0n) is 13.8. The summed E-state index contributed by atoms with van der Waals surface area (Å²) in [5.74, 6) is 0. The van der Waals surface area contributed by atoms with Crippen LogP contribution in [0, 0.1) is 6.92 Å². The van der Waals surface area contributed by atoms with Gasteiger partial charge >= 0.3 is 11.8 Å². The highest BCUT2D eigenvalue weighted by molar-refractivity contribution is 5.69. The Hall–Kier alpha value is -2.09. The summed E-state index contributed by atoms with van der Waals surface area (Å²) < 4.78 is 6.70. The van der Waals surface area contributed by atoms with Gasteiger partial charge in [-0.2, -0.15) is 0 Å². The molecule has 0 radical (unpaired) electrons. The van der Waals surface area contributed by atoms with Crippen LogP contribution in [0.25, 0.3) is 0 Å². The van der Waals surface area contributed by atoms with Crippen molar-refractivity contribution < 1.29 is 14.6 Å². The van der Waals surface area contributed by atoms with E-state index in [0.29, 0.717) is 18.4 Å². The van der Waals surface area contributed by atoms with Crippen molar-refractivity contribution in [3.8, 4) is 0 Å². The fraction of sp³-hybridized carbons (Fsp3) is 0.667. The summed E-state index contributed by atoms with van der Waals surface area (Å²) >= 11 is 0. The van der Waals surface area contributed by atoms with E-state index in [-0.39, 0.29) is 6.61 Å². The highest BCUT2D eigenvalue weighted by Gasteiger charge is 2.40. The number of carbonyl (C=O) groups excluding carboxylic acids is 1. The van der Waals surface area contributed by atoms with Crippen LogP contribution in [0.15, 0.2) is 15.8 Å². The number of rotatable bonds is 2. The molecule has 1 aromatic heterocycles. The second-order valence-electron chi connectivity index (χ2n) is 6.76. The molecule has 8 nitrogen and oxygen atoms in total. The van der Waals surface area contributed by atoms with E-state index in [1.54, 1.807) is 27.7 Å². The van der Waals surface area contributed by atoms with Crippen molar-refractivity contribution in [3.63, 3.8) is 0 Å². The number of aromatic amines is 1. The molecule has 2 atom stereocenters. The van der Waals surface area contributed by atoms with Gasteiger partial charge < -0.3 is 9.84 Å². The van der Waals surface area contributed by atoms with Gasteiger partial charge in [0.15, 0.2) is 0 Å². The largest absolute Gasteiger partial charge is 0.444 e. The van der Waals surface area contributed by atoms with Gasteiger partial charge in [-0.25, -0.2) is 9.59 Å². The van der Waals surface area contributed by atoms with E-state index in [4.69, 9.17) is 4.74 Å². The van der Waals surface area contributed by atoms with Crippen LogP contribution in [0.4, 0.5) is 4.79 Å². The van der Waals surface area contributed by atoms with E-state index in [1.807, 2.05) is 0 Å². The average molecular weight is 325 g/mol. The standard InChI is InChI=1S/C15H23N3O5/c1-9-7-17(13(21)16-12(9)20)11-6-5-10(8-19)18(11)14(22)23-15(2,3)4/h7,10-11,19H,5-6,8H2,1-4H3,(H,16,20,21)/t10-,11-/m0/s1. The Bertz CT molecular complexity index is 700. The summed E-state index contributed by atoms with van der Waals surface area (Å²) in [5, 5.41) is 9.52. The molecule has 1 amide bonds. The molecular weight excluding hydrogens is 302 g/mol. The molecule has 128 valence electrons. The lowest BCUT2D eigenvalue weighted by Crippen LogP contribution is -2.46. The van der Waals surface area contributed by atoms with Crippen LogP contribution in [0.3, 0.4) is 0 Å². The summed E-state index contributed by atoms with van der Waals surface area (Å²) in [4.78, 5) is 39.7. The smallest absolute Gasteiger partial charge is 0.412 e. The summed E-state index contributed by atoms with van der Waals surface area (Å²) in [5.41, 5.74) is -1.35. The molecule has 23 heavy (non-hydrogen) atoms. The lowest BCUT2D eigenvalue weighted by molar-refractivity contribution is 0.000574. The lowest BCUT2D eigenvalue weighted by Gasteiger charge is -2.32. The second-order valence-corrected chi connectivity index (χ2v) is 6.76. The molecule has 0 aliphatic carbocycles. The Morgan fingerprint density at radius 1 is 1.39 bits per heavy atom. The van der Waals surface area contributed by atoms with E-state index < -0.39 is 35.2 Å². The second kappa shape index (κ2) is 6.19. The molecule has 2 heterocycles. The molecule has 0 unspecified atom stereocenters. The quantitative estimate of drug-likeness (QED) is 0.834. The van der Waals surface area contributed by atoms with Crippen LogP contribution in [0.5, 0.6) is 0 Å². The minimum absolute atomic E-state index is 0.215. The minimum atomic E-state index is -0.684. The molecule has 1 saturated heterocycles. The molecule has 2 N–H and O–H groups in total. The Morgan fingerprint density at radius 2 is 2.04 bits per heavy atom. The number of aliphatic hydroxyl groups is 1. The number of ether oxygens (including phenoxy) is 1. The maximum absolute atomic E-state index is 12.5. The number of aryl methyl sites for hydroxylation is 1. The van der Waals surface area contributed by atoms with Gasteiger partial charge in [-0.15, -0.1) is 0 Å². The zero-order valence-corrected chi connectivity index (χ0v) is 13.8. The number of aromatic nitrogens is 2. The maximum Gasteiger partial charge on any atom is 0.412 e. The van der Waals surface area contributed by atoms with E-state index in [2.05, 4.69) is 4.98 Å². The molecule has 1 aromatic rings. The van der Waals surface area contributed by atoms with Gasteiger partial charge in [0.05, 0.1) is 12.6 Å². The van der Waals surface area contributed by atoms with Gasteiger partial charge in [-0.1, -0.05) is 0 Å². The average Bonchev–Trinajstić information content (AvgIpc) is 2.84. The van der Waals surface area contributed by atoms with Gasteiger partial charge in [0.25, 0.3) is 5.56 Å². The van der Waals surface area contributed by atoms with Gasteiger partial charge in [-0.05, 0) is 40.5 Å². The van der Waals surface area contributed by atoms with Gasteiger partial charge in [0.1, 0.15) is 11.8 Å². The summed E-state index contributed by atoms with van der Waals surface area (Å²) in [6.45, 7) is 6.62. The predicted molar refractivity (Wildman–Crippen MR) is 83.3 cm³/mol. The lowest BCUT2D eigenvalue weighted by atomic mass is 10.2. The van der Waals surface area contributed by atoms with Crippen molar-refractivity contribution in [2.24, 2.45) is 0 Å². The van der Waals surface area contributed by atoms with Gasteiger partial charge in [-0.3, -0.25) is 19.2 Å². The Balaban J connectivity index is 2.41. The number of amides is 1. The molecule has 0 bridgehead atoms. The maximum atomic E-state index is 12.5. The number of aliphatic hydroxyl groups excluding tert-OH is 1. The monoisotopic (exact) mass is 325 g/mol. The Kier molecular flexibility index (Phi) is 4.65. The number of nitrogens with one attached hydrogen (secondary N) is 1. The van der Waals surface area contributed by atoms with Crippen molar-refractivity contribution >= 4 is 6.09 Å². The summed E-state index contributed by atoms with van der Waals surface area (Å²) in [7, 11) is 0. The molecule has 0 spiro atoms. The number of H-pyrrole nitrogens is 1. The normalized spacial score (nSPS) is 21.5. The molecule has 0 aromatic carbocycles. The molecule has 1 fully saturated rings. The van der Waals surface area contributed by atoms with Crippen LogP contribution in [0.2, 0.25) is 0 Å². The highest BCUT2D eigenvalue weighted by Crippen LogP contribution is 2.32. The van der Waals surface area contributed by atoms with Gasteiger partial charge in [0, 0.05) is 11.8 Å². The van der Waals surface area contributed by atoms with Crippen LogP contribution in [-0.4, -0.2) is 43.9 Å². The molecule has 2 rings (SSSR count). The van der Waals surface area contributed by atoms with Crippen LogP contribution in [-0.2, 0) is 4.74 Å². The summed E-state index contributed by atoms with van der Waals surface area (Å²) in [6, 6.07) is -0.422.